The highest BCUT2D eigenvalue weighted by Crippen LogP contribution is 2.17. The van der Waals surface area contributed by atoms with E-state index < -0.39 is 5.97 Å². The Bertz CT molecular complexity index is 855. The molecule has 1 aliphatic rings. The molecule has 1 aromatic heterocycles. The number of hydrogen-bond donors (Lipinski definition) is 1. The Morgan fingerprint density at radius 2 is 1.88 bits per heavy atom. The summed E-state index contributed by atoms with van der Waals surface area (Å²) in [6, 6.07) is 9.07. The lowest BCUT2D eigenvalue weighted by atomic mass is 10.2. The summed E-state index contributed by atoms with van der Waals surface area (Å²) in [6.45, 7) is 2.31. The molecule has 0 spiro atoms. The number of benzene rings is 1. The first-order valence-electron chi connectivity index (χ1n) is 8.88. The van der Waals surface area contributed by atoms with Crippen LogP contribution in [0.15, 0.2) is 39.9 Å². The van der Waals surface area contributed by atoms with E-state index in [1.807, 2.05) is 35.2 Å². The molecule has 26 heavy (non-hydrogen) atoms. The summed E-state index contributed by atoms with van der Waals surface area (Å²) in [4.78, 5) is 37.5. The number of nitrogens with zero attached hydrogens (tertiary/aromatic N) is 3. The molecule has 1 N–H and O–H groups in total. The van der Waals surface area contributed by atoms with E-state index in [-0.39, 0.29) is 23.1 Å². The van der Waals surface area contributed by atoms with Gasteiger partial charge in [-0.2, -0.15) is 0 Å². The molecule has 2 aromatic rings. The van der Waals surface area contributed by atoms with E-state index in [4.69, 9.17) is 0 Å². The van der Waals surface area contributed by atoms with Gasteiger partial charge in [0.25, 0.3) is 0 Å². The van der Waals surface area contributed by atoms with E-state index in [2.05, 4.69) is 0 Å². The van der Waals surface area contributed by atoms with Gasteiger partial charge in [-0.25, -0.2) is 13.3 Å². The zero-order valence-corrected chi connectivity index (χ0v) is 15.4. The number of aryl methyl sites for hydroxylation is 1. The van der Waals surface area contributed by atoms with Crippen LogP contribution in [0.2, 0.25) is 0 Å². The summed E-state index contributed by atoms with van der Waals surface area (Å²) >= 11 is 0.952. The predicted octanol–water partition coefficient (Wildman–Crippen LogP) is 1.45. The van der Waals surface area contributed by atoms with Crippen molar-refractivity contribution < 1.29 is 9.90 Å². The lowest BCUT2D eigenvalue weighted by molar-refractivity contribution is -0.142. The van der Waals surface area contributed by atoms with Crippen LogP contribution >= 0.6 is 11.5 Å². The van der Waals surface area contributed by atoms with Crippen LogP contribution in [0.1, 0.15) is 31.2 Å². The summed E-state index contributed by atoms with van der Waals surface area (Å²) < 4.78 is 2.77. The van der Waals surface area contributed by atoms with Crippen LogP contribution in [0.3, 0.4) is 0 Å². The van der Waals surface area contributed by atoms with Gasteiger partial charge in [-0.1, -0.05) is 30.3 Å². The van der Waals surface area contributed by atoms with Crippen LogP contribution in [0.4, 0.5) is 0 Å². The zero-order chi connectivity index (χ0) is 18.5. The molecule has 1 atom stereocenters. The molecule has 1 aromatic carbocycles. The third kappa shape index (κ3) is 4.31. The molecule has 3 rings (SSSR count). The Balaban J connectivity index is 1.54. The van der Waals surface area contributed by atoms with Crippen molar-refractivity contribution in [3.8, 4) is 0 Å². The molecule has 0 unspecified atom stereocenters. The van der Waals surface area contributed by atoms with Crippen molar-refractivity contribution in [1.29, 1.82) is 0 Å². The molecule has 0 saturated carbocycles. The fourth-order valence-electron chi connectivity index (χ4n) is 3.38. The number of unbranched alkanes of at least 4 members (excludes halogenated alkanes) is 1. The highest BCUT2D eigenvalue weighted by molar-refractivity contribution is 7.03. The number of carbonyl (C=O) groups is 1. The molecule has 0 bridgehead atoms. The maximum Gasteiger partial charge on any atom is 0.341 e. The standard InChI is InChI=1S/C18H23N3O4S/c22-16(23)15-9-6-11-19(15)10-4-5-12-21-17(24)20(18(25)26-21)13-14-7-2-1-3-8-14/h1-3,7-8,15H,4-6,9-13H2,(H,22,23)/t15-/m0/s1. The van der Waals surface area contributed by atoms with Crippen molar-refractivity contribution in [3.63, 3.8) is 0 Å². The average Bonchev–Trinajstić information content (AvgIpc) is 3.20. The van der Waals surface area contributed by atoms with Gasteiger partial charge in [-0.3, -0.25) is 14.5 Å². The van der Waals surface area contributed by atoms with Gasteiger partial charge in [0.15, 0.2) is 0 Å². The van der Waals surface area contributed by atoms with E-state index in [9.17, 15) is 19.5 Å². The molecule has 0 radical (unpaired) electrons. The second-order valence-electron chi connectivity index (χ2n) is 6.55. The van der Waals surface area contributed by atoms with Gasteiger partial charge in [0.1, 0.15) is 6.04 Å². The topological polar surface area (TPSA) is 84.5 Å². The number of aliphatic carboxylic acids is 1. The maximum absolute atomic E-state index is 12.4. The lowest BCUT2D eigenvalue weighted by Crippen LogP contribution is -2.36. The number of carboxylic acids is 1. The molecule has 0 aliphatic carbocycles. The monoisotopic (exact) mass is 377 g/mol. The van der Waals surface area contributed by atoms with E-state index in [0.717, 1.165) is 42.9 Å². The van der Waals surface area contributed by atoms with Crippen molar-refractivity contribution >= 4 is 17.5 Å². The van der Waals surface area contributed by atoms with Gasteiger partial charge in [0.2, 0.25) is 0 Å². The lowest BCUT2D eigenvalue weighted by Gasteiger charge is -2.20. The van der Waals surface area contributed by atoms with Crippen molar-refractivity contribution in [3.05, 3.63) is 56.0 Å². The van der Waals surface area contributed by atoms with Gasteiger partial charge in [-0.15, -0.1) is 0 Å². The summed E-state index contributed by atoms with van der Waals surface area (Å²) in [5.41, 5.74) is 0.652. The van der Waals surface area contributed by atoms with Gasteiger partial charge >= 0.3 is 16.5 Å². The Morgan fingerprint density at radius 3 is 2.62 bits per heavy atom. The van der Waals surface area contributed by atoms with Crippen molar-refractivity contribution in [2.24, 2.45) is 0 Å². The van der Waals surface area contributed by atoms with Crippen LogP contribution in [-0.4, -0.2) is 43.6 Å². The highest BCUT2D eigenvalue weighted by Gasteiger charge is 2.29. The Hall–Kier alpha value is -2.19. The van der Waals surface area contributed by atoms with E-state index in [1.54, 1.807) is 0 Å². The molecule has 1 fully saturated rings. The van der Waals surface area contributed by atoms with Gasteiger partial charge in [0, 0.05) is 18.1 Å². The summed E-state index contributed by atoms with van der Waals surface area (Å²) in [6.07, 6.45) is 3.17. The maximum atomic E-state index is 12.4. The van der Waals surface area contributed by atoms with Crippen molar-refractivity contribution in [2.45, 2.75) is 44.8 Å². The van der Waals surface area contributed by atoms with Gasteiger partial charge in [-0.05, 0) is 44.3 Å². The molecule has 1 saturated heterocycles. The SMILES string of the molecule is O=C(O)[C@@H]1CCCN1CCCCn1sc(=O)n(Cc2ccccc2)c1=O. The second-order valence-corrected chi connectivity index (χ2v) is 7.53. The minimum absolute atomic E-state index is 0.246. The minimum Gasteiger partial charge on any atom is -0.480 e. The number of likely N-dealkylation sites (tertiary alicyclic amines) is 1. The summed E-state index contributed by atoms with van der Waals surface area (Å²) in [5.74, 6) is -0.755. The third-order valence-electron chi connectivity index (χ3n) is 4.74. The van der Waals surface area contributed by atoms with Crippen molar-refractivity contribution in [1.82, 2.24) is 13.4 Å². The summed E-state index contributed by atoms with van der Waals surface area (Å²) in [7, 11) is 0. The first kappa shape index (κ1) is 18.6. The number of hydrogen-bond acceptors (Lipinski definition) is 5. The number of carboxylic acid groups (broad SMARTS) is 1. The second kappa shape index (κ2) is 8.46. The van der Waals surface area contributed by atoms with Crippen LogP contribution in [-0.2, 0) is 17.9 Å². The molecule has 140 valence electrons. The van der Waals surface area contributed by atoms with E-state index >= 15 is 0 Å². The molecule has 7 nitrogen and oxygen atoms in total. The quantitative estimate of drug-likeness (QED) is 0.704. The summed E-state index contributed by atoms with van der Waals surface area (Å²) in [5, 5.41) is 9.19. The van der Waals surface area contributed by atoms with Gasteiger partial charge in [0.05, 0.1) is 6.54 Å². The van der Waals surface area contributed by atoms with Crippen molar-refractivity contribution in [2.75, 3.05) is 13.1 Å². The number of aromatic nitrogens is 2. The molecule has 8 heteroatoms. The zero-order valence-electron chi connectivity index (χ0n) is 14.5. The Kier molecular flexibility index (Phi) is 6.05. The Morgan fingerprint density at radius 1 is 1.15 bits per heavy atom. The van der Waals surface area contributed by atoms with Gasteiger partial charge < -0.3 is 5.11 Å². The largest absolute Gasteiger partial charge is 0.480 e. The van der Waals surface area contributed by atoms with Crippen LogP contribution in [0, 0.1) is 0 Å². The predicted molar refractivity (Wildman–Crippen MR) is 99.8 cm³/mol. The smallest absolute Gasteiger partial charge is 0.341 e. The van der Waals surface area contributed by atoms with E-state index in [0.29, 0.717) is 19.5 Å². The fraction of sp³-hybridized carbons (Fsp3) is 0.500. The Labute approximate surface area is 155 Å². The average molecular weight is 377 g/mol. The first-order valence-corrected chi connectivity index (χ1v) is 9.65. The molecule has 0 amide bonds. The third-order valence-corrected chi connectivity index (χ3v) is 5.68. The molecule has 1 aliphatic heterocycles. The first-order chi connectivity index (χ1) is 12.6. The highest BCUT2D eigenvalue weighted by atomic mass is 32.1. The normalized spacial score (nSPS) is 17.6. The molecular formula is C18H23N3O4S. The fourth-order valence-corrected chi connectivity index (χ4v) is 4.21. The van der Waals surface area contributed by atoms with Crippen LogP contribution < -0.4 is 10.6 Å². The minimum atomic E-state index is -0.755. The van der Waals surface area contributed by atoms with E-state index in [1.165, 1.54) is 8.52 Å². The molecular weight excluding hydrogens is 354 g/mol. The van der Waals surface area contributed by atoms with Crippen LogP contribution in [0.25, 0.3) is 0 Å². The molecule has 2 heterocycles. The number of rotatable bonds is 8. The van der Waals surface area contributed by atoms with Crippen LogP contribution in [0.5, 0.6) is 0 Å².